The van der Waals surface area contributed by atoms with Crippen molar-refractivity contribution in [2.45, 2.75) is 25.9 Å². The molecule has 0 heterocycles. The second-order valence-corrected chi connectivity index (χ2v) is 5.43. The molecule has 0 fully saturated rings. The Morgan fingerprint density at radius 1 is 1.05 bits per heavy atom. The van der Waals surface area contributed by atoms with Crippen molar-refractivity contribution < 1.29 is 9.13 Å². The van der Waals surface area contributed by atoms with E-state index in [1.54, 1.807) is 12.1 Å². The molecule has 0 amide bonds. The standard InChI is InChI=1S/C17H19ClFNO/c1-11(14-6-4-5-7-16(14)18)20-12(2)15-9-8-13(21-3)10-17(15)19/h4-12,20H,1-3H3/t11-,12?/m0/s1. The van der Waals surface area contributed by atoms with E-state index in [0.717, 1.165) is 5.56 Å². The van der Waals surface area contributed by atoms with Crippen molar-refractivity contribution in [1.82, 2.24) is 5.32 Å². The minimum Gasteiger partial charge on any atom is -0.497 e. The van der Waals surface area contributed by atoms with E-state index in [2.05, 4.69) is 5.32 Å². The molecule has 1 unspecified atom stereocenters. The van der Waals surface area contributed by atoms with E-state index in [4.69, 9.17) is 16.3 Å². The molecule has 0 saturated carbocycles. The van der Waals surface area contributed by atoms with Crippen molar-refractivity contribution >= 4 is 11.6 Å². The van der Waals surface area contributed by atoms with E-state index in [0.29, 0.717) is 16.3 Å². The lowest BCUT2D eigenvalue weighted by atomic mass is 10.0. The van der Waals surface area contributed by atoms with Crippen LogP contribution in [0.25, 0.3) is 0 Å². The number of rotatable bonds is 5. The summed E-state index contributed by atoms with van der Waals surface area (Å²) in [6.07, 6.45) is 0. The molecule has 0 saturated heterocycles. The molecule has 2 atom stereocenters. The topological polar surface area (TPSA) is 21.3 Å². The highest BCUT2D eigenvalue weighted by Crippen LogP contribution is 2.27. The molecular formula is C17H19ClFNO. The van der Waals surface area contributed by atoms with Gasteiger partial charge in [-0.3, -0.25) is 0 Å². The summed E-state index contributed by atoms with van der Waals surface area (Å²) < 4.78 is 19.1. The van der Waals surface area contributed by atoms with Crippen molar-refractivity contribution in [3.8, 4) is 5.75 Å². The van der Waals surface area contributed by atoms with E-state index in [-0.39, 0.29) is 17.9 Å². The normalized spacial score (nSPS) is 13.8. The predicted octanol–water partition coefficient (Wildman–Crippen LogP) is 4.90. The van der Waals surface area contributed by atoms with Crippen LogP contribution in [-0.2, 0) is 0 Å². The van der Waals surface area contributed by atoms with Gasteiger partial charge in [0.1, 0.15) is 11.6 Å². The second-order valence-electron chi connectivity index (χ2n) is 5.02. The van der Waals surface area contributed by atoms with Gasteiger partial charge in [-0.25, -0.2) is 4.39 Å². The summed E-state index contributed by atoms with van der Waals surface area (Å²) in [6, 6.07) is 12.4. The Morgan fingerprint density at radius 2 is 1.71 bits per heavy atom. The van der Waals surface area contributed by atoms with Crippen LogP contribution in [0.3, 0.4) is 0 Å². The fourth-order valence-electron chi connectivity index (χ4n) is 2.37. The summed E-state index contributed by atoms with van der Waals surface area (Å²) in [7, 11) is 1.52. The van der Waals surface area contributed by atoms with Crippen LogP contribution in [0.4, 0.5) is 4.39 Å². The predicted molar refractivity (Wildman–Crippen MR) is 84.4 cm³/mol. The third-order valence-electron chi connectivity index (χ3n) is 3.55. The van der Waals surface area contributed by atoms with Crippen LogP contribution in [0.15, 0.2) is 42.5 Å². The monoisotopic (exact) mass is 307 g/mol. The minimum atomic E-state index is -0.277. The molecule has 112 valence electrons. The Labute approximate surface area is 129 Å². The summed E-state index contributed by atoms with van der Waals surface area (Å²) in [4.78, 5) is 0. The first kappa shape index (κ1) is 15.8. The van der Waals surface area contributed by atoms with Crippen LogP contribution < -0.4 is 10.1 Å². The fraction of sp³-hybridized carbons (Fsp3) is 0.294. The third kappa shape index (κ3) is 3.74. The molecule has 0 aromatic heterocycles. The lowest BCUT2D eigenvalue weighted by molar-refractivity contribution is 0.408. The van der Waals surface area contributed by atoms with Crippen LogP contribution in [0.1, 0.15) is 37.1 Å². The van der Waals surface area contributed by atoms with Gasteiger partial charge in [0.25, 0.3) is 0 Å². The van der Waals surface area contributed by atoms with Crippen molar-refractivity contribution in [2.75, 3.05) is 7.11 Å². The smallest absolute Gasteiger partial charge is 0.131 e. The quantitative estimate of drug-likeness (QED) is 0.848. The van der Waals surface area contributed by atoms with Gasteiger partial charge in [-0.1, -0.05) is 35.9 Å². The lowest BCUT2D eigenvalue weighted by Crippen LogP contribution is -2.23. The largest absolute Gasteiger partial charge is 0.497 e. The van der Waals surface area contributed by atoms with Crippen LogP contribution >= 0.6 is 11.6 Å². The molecule has 0 aliphatic carbocycles. The van der Waals surface area contributed by atoms with Gasteiger partial charge in [0, 0.05) is 28.7 Å². The van der Waals surface area contributed by atoms with Gasteiger partial charge in [0.2, 0.25) is 0 Å². The molecule has 0 spiro atoms. The zero-order valence-electron chi connectivity index (χ0n) is 12.4. The number of methoxy groups -OCH3 is 1. The van der Waals surface area contributed by atoms with E-state index >= 15 is 0 Å². The van der Waals surface area contributed by atoms with Gasteiger partial charge < -0.3 is 10.1 Å². The summed E-state index contributed by atoms with van der Waals surface area (Å²) in [5, 5.41) is 4.07. The fourth-order valence-corrected chi connectivity index (χ4v) is 2.67. The summed E-state index contributed by atoms with van der Waals surface area (Å²) in [5.74, 6) is 0.239. The van der Waals surface area contributed by atoms with E-state index < -0.39 is 0 Å². The van der Waals surface area contributed by atoms with Gasteiger partial charge in [-0.2, -0.15) is 0 Å². The molecule has 0 radical (unpaired) electrons. The van der Waals surface area contributed by atoms with Crippen LogP contribution in [0, 0.1) is 5.82 Å². The minimum absolute atomic E-state index is 0.0233. The number of benzene rings is 2. The molecule has 2 aromatic rings. The molecule has 2 aromatic carbocycles. The maximum absolute atomic E-state index is 14.1. The zero-order chi connectivity index (χ0) is 15.4. The van der Waals surface area contributed by atoms with Crippen LogP contribution in [-0.4, -0.2) is 7.11 Å². The van der Waals surface area contributed by atoms with Gasteiger partial charge in [-0.15, -0.1) is 0 Å². The Hall–Kier alpha value is -1.58. The van der Waals surface area contributed by atoms with Crippen molar-refractivity contribution in [2.24, 2.45) is 0 Å². The van der Waals surface area contributed by atoms with Gasteiger partial charge >= 0.3 is 0 Å². The third-order valence-corrected chi connectivity index (χ3v) is 3.89. The van der Waals surface area contributed by atoms with E-state index in [1.165, 1.54) is 13.2 Å². The maximum Gasteiger partial charge on any atom is 0.131 e. The van der Waals surface area contributed by atoms with Crippen molar-refractivity contribution in [3.63, 3.8) is 0 Å². The average molecular weight is 308 g/mol. The number of nitrogens with one attached hydrogen (secondary N) is 1. The number of ether oxygens (including phenoxy) is 1. The first-order valence-electron chi connectivity index (χ1n) is 6.87. The summed E-state index contributed by atoms with van der Waals surface area (Å²) in [5.41, 5.74) is 1.61. The highest BCUT2D eigenvalue weighted by Gasteiger charge is 2.16. The highest BCUT2D eigenvalue weighted by molar-refractivity contribution is 6.31. The molecule has 0 aliphatic rings. The lowest BCUT2D eigenvalue weighted by Gasteiger charge is -2.22. The van der Waals surface area contributed by atoms with Gasteiger partial charge in [0.15, 0.2) is 0 Å². The van der Waals surface area contributed by atoms with Crippen molar-refractivity contribution in [3.05, 3.63) is 64.4 Å². The molecule has 2 rings (SSSR count). The molecule has 4 heteroatoms. The molecule has 21 heavy (non-hydrogen) atoms. The van der Waals surface area contributed by atoms with E-state index in [9.17, 15) is 4.39 Å². The Kier molecular flexibility index (Phi) is 5.21. The number of halogens is 2. The first-order valence-corrected chi connectivity index (χ1v) is 7.24. The molecule has 0 bridgehead atoms. The first-order chi connectivity index (χ1) is 10.0. The molecule has 1 N–H and O–H groups in total. The second kappa shape index (κ2) is 6.92. The molecule has 2 nitrogen and oxygen atoms in total. The number of hydrogen-bond donors (Lipinski definition) is 1. The summed E-state index contributed by atoms with van der Waals surface area (Å²) >= 11 is 6.19. The summed E-state index contributed by atoms with van der Waals surface area (Å²) in [6.45, 7) is 3.94. The Balaban J connectivity index is 2.14. The van der Waals surface area contributed by atoms with Gasteiger partial charge in [-0.05, 0) is 31.5 Å². The van der Waals surface area contributed by atoms with Crippen LogP contribution in [0.5, 0.6) is 5.75 Å². The maximum atomic E-state index is 14.1. The number of hydrogen-bond acceptors (Lipinski definition) is 2. The Bertz CT molecular complexity index is 617. The zero-order valence-corrected chi connectivity index (χ0v) is 13.1. The van der Waals surface area contributed by atoms with E-state index in [1.807, 2.05) is 38.1 Å². The van der Waals surface area contributed by atoms with Crippen molar-refractivity contribution in [1.29, 1.82) is 0 Å². The van der Waals surface area contributed by atoms with Crippen LogP contribution in [0.2, 0.25) is 5.02 Å². The van der Waals surface area contributed by atoms with Gasteiger partial charge in [0.05, 0.1) is 7.11 Å². The molecular weight excluding hydrogens is 289 g/mol. The molecule has 0 aliphatic heterocycles. The SMILES string of the molecule is COc1ccc(C(C)N[C@@H](C)c2ccccc2Cl)c(F)c1. The average Bonchev–Trinajstić information content (AvgIpc) is 2.47. The Morgan fingerprint density at radius 3 is 2.33 bits per heavy atom. The highest BCUT2D eigenvalue weighted by atomic mass is 35.5.